The van der Waals surface area contributed by atoms with Gasteiger partial charge >= 0.3 is 0 Å². The summed E-state index contributed by atoms with van der Waals surface area (Å²) in [6.45, 7) is 0. The van der Waals surface area contributed by atoms with Crippen LogP contribution in [0.5, 0.6) is 0 Å². The van der Waals surface area contributed by atoms with E-state index in [9.17, 15) is 0 Å². The van der Waals surface area contributed by atoms with Crippen molar-refractivity contribution in [2.75, 3.05) is 0 Å². The van der Waals surface area contributed by atoms with E-state index in [1.54, 1.807) is 0 Å². The Kier molecular flexibility index (Phi) is 6.16. The third-order valence-corrected chi connectivity index (χ3v) is 11.7. The smallest absolute Gasteiger partial charge is 0.0618 e. The Morgan fingerprint density at radius 2 is 0.902 bits per heavy atom. The van der Waals surface area contributed by atoms with Crippen molar-refractivity contribution in [3.8, 4) is 33.6 Å². The average Bonchev–Trinajstić information content (AvgIpc) is 3.85. The van der Waals surface area contributed by atoms with Crippen LogP contribution in [0.15, 0.2) is 182 Å². The second kappa shape index (κ2) is 11.0. The zero-order valence-corrected chi connectivity index (χ0v) is 28.4. The van der Waals surface area contributed by atoms with Crippen LogP contribution in [0, 0.1) is 0 Å². The van der Waals surface area contributed by atoms with Crippen LogP contribution in [0.25, 0.3) is 97.4 Å². The number of benzene rings is 8. The van der Waals surface area contributed by atoms with Gasteiger partial charge in [-0.05, 0) is 59.7 Å². The summed E-state index contributed by atoms with van der Waals surface area (Å²) in [7, 11) is 0. The molecule has 3 heteroatoms. The van der Waals surface area contributed by atoms with Crippen LogP contribution in [0.3, 0.4) is 0 Å². The van der Waals surface area contributed by atoms with Gasteiger partial charge in [0.05, 0.1) is 27.8 Å². The summed E-state index contributed by atoms with van der Waals surface area (Å²) >= 11 is 1.88. The molecule has 2 nitrogen and oxygen atoms in total. The van der Waals surface area contributed by atoms with Gasteiger partial charge in [-0.2, -0.15) is 0 Å². The van der Waals surface area contributed by atoms with Crippen molar-refractivity contribution in [1.29, 1.82) is 0 Å². The molecule has 0 N–H and O–H groups in total. The maximum Gasteiger partial charge on any atom is 0.0618 e. The van der Waals surface area contributed by atoms with E-state index in [0.717, 1.165) is 5.69 Å². The summed E-state index contributed by atoms with van der Waals surface area (Å²) in [5, 5.41) is 7.80. The predicted octanol–water partition coefficient (Wildman–Crippen LogP) is 13.6. The summed E-state index contributed by atoms with van der Waals surface area (Å²) < 4.78 is 7.60. The summed E-state index contributed by atoms with van der Waals surface area (Å²) in [4.78, 5) is 0. The molecular weight excluding hydrogens is 637 g/mol. The molecule has 0 unspecified atom stereocenters. The fourth-order valence-electron chi connectivity index (χ4n) is 8.40. The van der Waals surface area contributed by atoms with Crippen molar-refractivity contribution in [1.82, 2.24) is 9.13 Å². The van der Waals surface area contributed by atoms with Gasteiger partial charge in [0.15, 0.2) is 0 Å². The van der Waals surface area contributed by atoms with Crippen LogP contribution in [0.1, 0.15) is 0 Å². The highest BCUT2D eigenvalue weighted by Crippen LogP contribution is 2.45. The zero-order chi connectivity index (χ0) is 33.5. The monoisotopic (exact) mass is 666 g/mol. The molecular formula is C48H30N2S. The highest BCUT2D eigenvalue weighted by atomic mass is 32.1. The van der Waals surface area contributed by atoms with E-state index in [2.05, 4.69) is 191 Å². The van der Waals surface area contributed by atoms with Crippen molar-refractivity contribution < 1.29 is 0 Å². The molecule has 0 fully saturated rings. The van der Waals surface area contributed by atoms with E-state index in [1.165, 1.54) is 91.7 Å². The first-order valence-electron chi connectivity index (χ1n) is 17.4. The minimum Gasteiger partial charge on any atom is -0.309 e. The van der Waals surface area contributed by atoms with E-state index in [4.69, 9.17) is 0 Å². The maximum absolute atomic E-state index is 2.48. The molecule has 11 aromatic rings. The van der Waals surface area contributed by atoms with Gasteiger partial charge in [0.2, 0.25) is 0 Å². The van der Waals surface area contributed by atoms with Crippen LogP contribution < -0.4 is 0 Å². The molecule has 0 amide bonds. The van der Waals surface area contributed by atoms with Crippen LogP contribution in [0.2, 0.25) is 0 Å². The Labute approximate surface area is 298 Å². The number of thiophene rings is 1. The molecule has 0 aliphatic carbocycles. The van der Waals surface area contributed by atoms with Crippen LogP contribution >= 0.6 is 11.3 Å². The topological polar surface area (TPSA) is 9.86 Å². The Morgan fingerprint density at radius 3 is 1.65 bits per heavy atom. The molecule has 0 radical (unpaired) electrons. The molecule has 0 bridgehead atoms. The van der Waals surface area contributed by atoms with E-state index in [0.29, 0.717) is 0 Å². The lowest BCUT2D eigenvalue weighted by atomic mass is 9.95. The van der Waals surface area contributed by atoms with Gasteiger partial charge in [0.1, 0.15) is 0 Å². The molecule has 238 valence electrons. The number of hydrogen-bond acceptors (Lipinski definition) is 1. The number of nitrogens with zero attached hydrogens (tertiary/aromatic N) is 2. The van der Waals surface area contributed by atoms with Crippen molar-refractivity contribution in [3.63, 3.8) is 0 Å². The predicted molar refractivity (Wildman–Crippen MR) is 219 cm³/mol. The molecule has 8 aromatic carbocycles. The molecule has 3 heterocycles. The van der Waals surface area contributed by atoms with Crippen molar-refractivity contribution >= 4 is 75.1 Å². The number of para-hydroxylation sites is 4. The minimum absolute atomic E-state index is 1.15. The largest absolute Gasteiger partial charge is 0.309 e. The van der Waals surface area contributed by atoms with Gasteiger partial charge in [-0.1, -0.05) is 133 Å². The fourth-order valence-corrected chi connectivity index (χ4v) is 9.51. The van der Waals surface area contributed by atoms with E-state index in [1.807, 2.05) is 11.3 Å². The molecule has 0 aliphatic heterocycles. The first-order chi connectivity index (χ1) is 25.3. The van der Waals surface area contributed by atoms with Gasteiger partial charge in [0, 0.05) is 58.5 Å². The van der Waals surface area contributed by atoms with E-state index >= 15 is 0 Å². The number of aromatic nitrogens is 2. The summed E-state index contributed by atoms with van der Waals surface area (Å²) in [6.07, 6.45) is 0. The van der Waals surface area contributed by atoms with Gasteiger partial charge in [-0.3, -0.25) is 0 Å². The van der Waals surface area contributed by atoms with Gasteiger partial charge in [-0.25, -0.2) is 0 Å². The summed E-state index contributed by atoms with van der Waals surface area (Å²) in [5.74, 6) is 0. The summed E-state index contributed by atoms with van der Waals surface area (Å²) in [5.41, 5.74) is 11.9. The van der Waals surface area contributed by atoms with Crippen molar-refractivity contribution in [2.24, 2.45) is 0 Å². The van der Waals surface area contributed by atoms with Crippen LogP contribution in [-0.4, -0.2) is 9.13 Å². The Balaban J connectivity index is 1.21. The zero-order valence-electron chi connectivity index (χ0n) is 27.6. The lowest BCUT2D eigenvalue weighted by Gasteiger charge is -2.20. The Morgan fingerprint density at radius 1 is 0.333 bits per heavy atom. The van der Waals surface area contributed by atoms with Gasteiger partial charge in [0.25, 0.3) is 0 Å². The normalized spacial score (nSPS) is 11.9. The molecule has 0 aliphatic rings. The molecule has 0 spiro atoms. The van der Waals surface area contributed by atoms with Crippen molar-refractivity contribution in [2.45, 2.75) is 0 Å². The van der Waals surface area contributed by atoms with E-state index in [-0.39, 0.29) is 0 Å². The number of hydrogen-bond donors (Lipinski definition) is 0. The molecule has 11 rings (SSSR count). The fraction of sp³-hybridized carbons (Fsp3) is 0. The van der Waals surface area contributed by atoms with E-state index < -0.39 is 0 Å². The van der Waals surface area contributed by atoms with Crippen LogP contribution in [-0.2, 0) is 0 Å². The lowest BCUT2D eigenvalue weighted by Crippen LogP contribution is -2.01. The van der Waals surface area contributed by atoms with Crippen molar-refractivity contribution in [3.05, 3.63) is 182 Å². The molecule has 0 atom stereocenters. The SMILES string of the molecule is c1ccc(-c2cccc(-c3cccc(-n4c5ccccc5c5c6c(ccc54)sc4ccccc46)c3)c2-n2c3ccccc3c3ccccc32)cc1. The minimum atomic E-state index is 1.15. The van der Waals surface area contributed by atoms with Gasteiger partial charge < -0.3 is 9.13 Å². The molecule has 0 saturated carbocycles. The standard InChI is InChI=1S/C48H30N2S/c1-2-14-31(15-3-1)34-22-13-23-35(48(34)50-40-24-8-4-18-36(40)37-19-5-9-25-41(37)50)32-16-12-17-33(30-32)49-42-26-10-6-20-38(42)46-43(49)28-29-45-47(46)39-21-7-11-27-44(39)51-45/h1-30H. The van der Waals surface area contributed by atoms with Gasteiger partial charge in [-0.15, -0.1) is 11.3 Å². The quantitative estimate of drug-likeness (QED) is 0.177. The average molecular weight is 667 g/mol. The highest BCUT2D eigenvalue weighted by molar-refractivity contribution is 7.26. The molecule has 3 aromatic heterocycles. The molecule has 51 heavy (non-hydrogen) atoms. The Hall–Kier alpha value is -6.42. The third-order valence-electron chi connectivity index (χ3n) is 10.5. The summed E-state index contributed by atoms with van der Waals surface area (Å²) in [6, 6.07) is 66.6. The third kappa shape index (κ3) is 4.16. The maximum atomic E-state index is 2.48. The second-order valence-corrected chi connectivity index (χ2v) is 14.4. The Bertz CT molecular complexity index is 3090. The second-order valence-electron chi connectivity index (χ2n) is 13.3. The van der Waals surface area contributed by atoms with Crippen LogP contribution in [0.4, 0.5) is 0 Å². The first-order valence-corrected chi connectivity index (χ1v) is 18.3. The molecule has 0 saturated heterocycles. The lowest BCUT2D eigenvalue weighted by molar-refractivity contribution is 1.17. The first kappa shape index (κ1) is 28.4. The highest BCUT2D eigenvalue weighted by Gasteiger charge is 2.21. The number of rotatable bonds is 4. The number of fused-ring (bicyclic) bond motifs is 10.